The Bertz CT molecular complexity index is 910. The second-order valence-corrected chi connectivity index (χ2v) is 5.88. The standard InChI is InChI=1S/C22H18N2O/c1-3-9-17(10-4-1)20(18-11-5-2-6-12-18)15-25-22-19-13-7-8-14-21(19)23-16-24-22/h1-14,16,20H,15H2. The second-order valence-electron chi connectivity index (χ2n) is 5.88. The zero-order chi connectivity index (χ0) is 16.9. The molecule has 3 nitrogen and oxygen atoms in total. The van der Waals surface area contributed by atoms with E-state index in [4.69, 9.17) is 4.74 Å². The zero-order valence-corrected chi connectivity index (χ0v) is 13.7. The van der Waals surface area contributed by atoms with Gasteiger partial charge < -0.3 is 4.74 Å². The predicted molar refractivity (Wildman–Crippen MR) is 99.8 cm³/mol. The first-order valence-corrected chi connectivity index (χ1v) is 8.34. The summed E-state index contributed by atoms with van der Waals surface area (Å²) in [5.74, 6) is 0.776. The molecule has 0 amide bonds. The van der Waals surface area contributed by atoms with E-state index >= 15 is 0 Å². The number of hydrogen-bond acceptors (Lipinski definition) is 3. The largest absolute Gasteiger partial charge is 0.476 e. The van der Waals surface area contributed by atoms with Gasteiger partial charge in [-0.15, -0.1) is 0 Å². The minimum absolute atomic E-state index is 0.149. The number of para-hydroxylation sites is 1. The first-order chi connectivity index (χ1) is 12.4. The van der Waals surface area contributed by atoms with Gasteiger partial charge in [-0.05, 0) is 23.3 Å². The molecule has 1 heterocycles. The van der Waals surface area contributed by atoms with E-state index in [2.05, 4.69) is 58.5 Å². The molecule has 0 saturated carbocycles. The number of aromatic nitrogens is 2. The molecule has 0 N–H and O–H groups in total. The van der Waals surface area contributed by atoms with Gasteiger partial charge in [-0.25, -0.2) is 9.97 Å². The maximum Gasteiger partial charge on any atom is 0.224 e. The van der Waals surface area contributed by atoms with Crippen LogP contribution in [0.3, 0.4) is 0 Å². The van der Waals surface area contributed by atoms with Gasteiger partial charge in [-0.2, -0.15) is 0 Å². The van der Waals surface area contributed by atoms with E-state index in [0.29, 0.717) is 12.5 Å². The van der Waals surface area contributed by atoms with E-state index in [1.807, 2.05) is 36.4 Å². The van der Waals surface area contributed by atoms with Crippen LogP contribution in [0.2, 0.25) is 0 Å². The topological polar surface area (TPSA) is 35.0 Å². The summed E-state index contributed by atoms with van der Waals surface area (Å²) in [6, 6.07) is 28.8. The Kier molecular flexibility index (Phi) is 4.38. The first kappa shape index (κ1) is 15.3. The summed E-state index contributed by atoms with van der Waals surface area (Å²) in [5, 5.41) is 0.935. The number of benzene rings is 3. The monoisotopic (exact) mass is 326 g/mol. The lowest BCUT2D eigenvalue weighted by molar-refractivity contribution is 0.295. The zero-order valence-electron chi connectivity index (χ0n) is 13.7. The van der Waals surface area contributed by atoms with Gasteiger partial charge in [0.2, 0.25) is 5.88 Å². The summed E-state index contributed by atoms with van der Waals surface area (Å²) in [6.45, 7) is 0.523. The highest BCUT2D eigenvalue weighted by Crippen LogP contribution is 2.27. The first-order valence-electron chi connectivity index (χ1n) is 8.34. The quantitative estimate of drug-likeness (QED) is 0.526. The lowest BCUT2D eigenvalue weighted by Crippen LogP contribution is -2.12. The van der Waals surface area contributed by atoms with Crippen molar-refractivity contribution in [1.82, 2.24) is 9.97 Å². The Hall–Kier alpha value is -3.20. The van der Waals surface area contributed by atoms with E-state index in [0.717, 1.165) is 10.9 Å². The van der Waals surface area contributed by atoms with E-state index in [1.54, 1.807) is 6.33 Å². The normalized spacial score (nSPS) is 10.9. The third kappa shape index (κ3) is 3.36. The molecule has 25 heavy (non-hydrogen) atoms. The molecule has 4 aromatic rings. The van der Waals surface area contributed by atoms with Crippen LogP contribution < -0.4 is 4.74 Å². The molecular formula is C22H18N2O. The summed E-state index contributed by atoms with van der Waals surface area (Å²) in [7, 11) is 0. The molecule has 0 atom stereocenters. The molecule has 0 spiro atoms. The van der Waals surface area contributed by atoms with Crippen molar-refractivity contribution in [2.75, 3.05) is 6.61 Å². The van der Waals surface area contributed by atoms with Gasteiger partial charge in [0, 0.05) is 5.92 Å². The van der Waals surface area contributed by atoms with Crippen LogP contribution >= 0.6 is 0 Å². The summed E-state index contributed by atoms with van der Waals surface area (Å²) < 4.78 is 6.14. The Morgan fingerprint density at radius 2 is 1.28 bits per heavy atom. The average molecular weight is 326 g/mol. The molecule has 1 aromatic heterocycles. The fraction of sp³-hybridized carbons (Fsp3) is 0.0909. The van der Waals surface area contributed by atoms with Crippen molar-refractivity contribution in [3.63, 3.8) is 0 Å². The molecule has 0 radical (unpaired) electrons. The third-order valence-corrected chi connectivity index (χ3v) is 4.30. The van der Waals surface area contributed by atoms with Crippen LogP contribution in [-0.4, -0.2) is 16.6 Å². The highest BCUT2D eigenvalue weighted by Gasteiger charge is 2.16. The van der Waals surface area contributed by atoms with Crippen molar-refractivity contribution in [2.45, 2.75) is 5.92 Å². The van der Waals surface area contributed by atoms with Crippen molar-refractivity contribution in [3.8, 4) is 5.88 Å². The average Bonchev–Trinajstić information content (AvgIpc) is 2.70. The fourth-order valence-corrected chi connectivity index (χ4v) is 3.01. The molecule has 0 unspecified atom stereocenters. The molecule has 0 aliphatic rings. The molecule has 122 valence electrons. The Balaban J connectivity index is 1.65. The highest BCUT2D eigenvalue weighted by atomic mass is 16.5. The lowest BCUT2D eigenvalue weighted by atomic mass is 9.92. The SMILES string of the molecule is c1ccc(C(COc2ncnc3ccccc23)c2ccccc2)cc1. The molecule has 0 aliphatic carbocycles. The van der Waals surface area contributed by atoms with Crippen molar-refractivity contribution < 1.29 is 4.74 Å². The molecule has 0 bridgehead atoms. The van der Waals surface area contributed by atoms with E-state index in [9.17, 15) is 0 Å². The summed E-state index contributed by atoms with van der Waals surface area (Å²) in [6.07, 6.45) is 1.55. The van der Waals surface area contributed by atoms with Crippen molar-refractivity contribution in [2.24, 2.45) is 0 Å². The van der Waals surface area contributed by atoms with E-state index in [1.165, 1.54) is 11.1 Å². The highest BCUT2D eigenvalue weighted by molar-refractivity contribution is 5.82. The summed E-state index contributed by atoms with van der Waals surface area (Å²) in [4.78, 5) is 8.63. The van der Waals surface area contributed by atoms with Gasteiger partial charge >= 0.3 is 0 Å². The molecule has 0 fully saturated rings. The number of nitrogens with zero attached hydrogens (tertiary/aromatic N) is 2. The van der Waals surface area contributed by atoms with E-state index in [-0.39, 0.29) is 5.92 Å². The van der Waals surface area contributed by atoms with Crippen molar-refractivity contribution in [1.29, 1.82) is 0 Å². The molecule has 4 rings (SSSR count). The minimum atomic E-state index is 0.149. The van der Waals surface area contributed by atoms with Gasteiger partial charge in [0.15, 0.2) is 0 Å². The van der Waals surface area contributed by atoms with Gasteiger partial charge in [-0.1, -0.05) is 72.8 Å². The van der Waals surface area contributed by atoms with Gasteiger partial charge in [0.05, 0.1) is 10.9 Å². The number of fused-ring (bicyclic) bond motifs is 1. The van der Waals surface area contributed by atoms with Gasteiger partial charge in [-0.3, -0.25) is 0 Å². The van der Waals surface area contributed by atoms with E-state index < -0.39 is 0 Å². The second kappa shape index (κ2) is 7.14. The van der Waals surface area contributed by atoms with Crippen LogP contribution in [0.5, 0.6) is 5.88 Å². The number of rotatable bonds is 5. The van der Waals surface area contributed by atoms with Crippen LogP contribution in [0.25, 0.3) is 10.9 Å². The smallest absolute Gasteiger partial charge is 0.224 e. The summed E-state index contributed by atoms with van der Waals surface area (Å²) >= 11 is 0. The molecule has 3 heteroatoms. The fourth-order valence-electron chi connectivity index (χ4n) is 3.01. The molecular weight excluding hydrogens is 308 g/mol. The van der Waals surface area contributed by atoms with Crippen molar-refractivity contribution >= 4 is 10.9 Å². The molecule has 0 saturated heterocycles. The summed E-state index contributed by atoms with van der Waals surface area (Å²) in [5.41, 5.74) is 3.35. The minimum Gasteiger partial charge on any atom is -0.476 e. The van der Waals surface area contributed by atoms with Gasteiger partial charge in [0.1, 0.15) is 12.9 Å². The maximum absolute atomic E-state index is 6.14. The van der Waals surface area contributed by atoms with Crippen LogP contribution in [0, 0.1) is 0 Å². The lowest BCUT2D eigenvalue weighted by Gasteiger charge is -2.19. The van der Waals surface area contributed by atoms with Crippen LogP contribution in [0.15, 0.2) is 91.3 Å². The third-order valence-electron chi connectivity index (χ3n) is 4.30. The molecule has 3 aromatic carbocycles. The van der Waals surface area contributed by atoms with Gasteiger partial charge in [0.25, 0.3) is 0 Å². The number of ether oxygens (including phenoxy) is 1. The predicted octanol–water partition coefficient (Wildman–Crippen LogP) is 4.84. The van der Waals surface area contributed by atoms with Crippen LogP contribution in [0.1, 0.15) is 17.0 Å². The Morgan fingerprint density at radius 3 is 1.96 bits per heavy atom. The van der Waals surface area contributed by atoms with Crippen LogP contribution in [-0.2, 0) is 0 Å². The maximum atomic E-state index is 6.14. The molecule has 0 aliphatic heterocycles. The Morgan fingerprint density at radius 1 is 0.680 bits per heavy atom. The van der Waals surface area contributed by atoms with Crippen LogP contribution in [0.4, 0.5) is 0 Å². The van der Waals surface area contributed by atoms with Crippen molar-refractivity contribution in [3.05, 3.63) is 102 Å². The number of hydrogen-bond donors (Lipinski definition) is 0. The Labute approximate surface area is 147 Å².